The number of para-hydroxylation sites is 1. The molecule has 1 amide bonds. The summed E-state index contributed by atoms with van der Waals surface area (Å²) in [5.74, 6) is 2.59. The Morgan fingerprint density at radius 1 is 0.917 bits per heavy atom. The summed E-state index contributed by atoms with van der Waals surface area (Å²) < 4.78 is 13.8. The first-order valence-electron chi connectivity index (χ1n) is 11.9. The highest BCUT2D eigenvalue weighted by Gasteiger charge is 2.30. The average molecular weight is 503 g/mol. The topological polar surface area (TPSA) is 68.6 Å². The number of carbonyl (C=O) groups is 1. The van der Waals surface area contributed by atoms with E-state index in [2.05, 4.69) is 5.32 Å². The van der Waals surface area contributed by atoms with Gasteiger partial charge in [-0.25, -0.2) is 4.98 Å². The Kier molecular flexibility index (Phi) is 7.38. The van der Waals surface area contributed by atoms with Crippen molar-refractivity contribution < 1.29 is 14.3 Å². The monoisotopic (exact) mass is 502 g/mol. The summed E-state index contributed by atoms with van der Waals surface area (Å²) in [5.41, 5.74) is 1.60. The van der Waals surface area contributed by atoms with Gasteiger partial charge >= 0.3 is 0 Å². The largest absolute Gasteiger partial charge is 0.492 e. The molecular weight excluding hydrogens is 476 g/mol. The van der Waals surface area contributed by atoms with Crippen LogP contribution in [0.2, 0.25) is 5.02 Å². The third-order valence-corrected chi connectivity index (χ3v) is 6.17. The summed E-state index contributed by atoms with van der Waals surface area (Å²) in [7, 11) is 0. The highest BCUT2D eigenvalue weighted by atomic mass is 35.5. The second kappa shape index (κ2) is 11.2. The Hall–Kier alpha value is -3.97. The standard InChI is InChI=1S/C28H27ClN4O3/c29-22-10-7-13-24(18-22)36-20-25-31-27-26(33(25)19-21-8-3-1-4-9-21)28(34)32(15-14-30-27)16-17-35-23-11-5-2-6-12-23/h1-13,18,30H,14-17,19-20H2. The number of fused-ring (bicyclic) bond motifs is 1. The Labute approximate surface area is 215 Å². The molecule has 1 aromatic heterocycles. The number of imidazole rings is 1. The molecule has 0 radical (unpaired) electrons. The van der Waals surface area contributed by atoms with Crippen molar-refractivity contribution in [2.24, 2.45) is 0 Å². The Morgan fingerprint density at radius 2 is 1.67 bits per heavy atom. The first-order chi connectivity index (χ1) is 17.7. The van der Waals surface area contributed by atoms with E-state index in [0.717, 1.165) is 11.3 Å². The minimum atomic E-state index is -0.0795. The quantitative estimate of drug-likeness (QED) is 0.344. The number of hydrogen-bond acceptors (Lipinski definition) is 5. The molecule has 1 N–H and O–H groups in total. The number of benzene rings is 3. The van der Waals surface area contributed by atoms with E-state index in [1.54, 1.807) is 12.1 Å². The molecule has 1 aliphatic rings. The molecule has 0 bridgehead atoms. The van der Waals surface area contributed by atoms with Crippen LogP contribution in [0.1, 0.15) is 21.9 Å². The molecule has 36 heavy (non-hydrogen) atoms. The van der Waals surface area contributed by atoms with Gasteiger partial charge in [0.15, 0.2) is 11.5 Å². The number of ether oxygens (including phenoxy) is 2. The van der Waals surface area contributed by atoms with E-state index < -0.39 is 0 Å². The van der Waals surface area contributed by atoms with E-state index in [1.165, 1.54) is 0 Å². The number of nitrogens with one attached hydrogen (secondary N) is 1. The van der Waals surface area contributed by atoms with Gasteiger partial charge in [0.1, 0.15) is 30.5 Å². The molecule has 1 aliphatic heterocycles. The zero-order valence-electron chi connectivity index (χ0n) is 19.8. The van der Waals surface area contributed by atoms with Crippen LogP contribution in [0.4, 0.5) is 5.82 Å². The molecule has 0 atom stereocenters. The fourth-order valence-corrected chi connectivity index (χ4v) is 4.34. The van der Waals surface area contributed by atoms with Crippen LogP contribution < -0.4 is 14.8 Å². The van der Waals surface area contributed by atoms with Gasteiger partial charge < -0.3 is 24.3 Å². The number of halogens is 1. The zero-order chi connectivity index (χ0) is 24.7. The third kappa shape index (κ3) is 5.63. The van der Waals surface area contributed by atoms with Crippen molar-refractivity contribution in [2.45, 2.75) is 13.2 Å². The van der Waals surface area contributed by atoms with Crippen LogP contribution in [-0.2, 0) is 13.2 Å². The first-order valence-corrected chi connectivity index (χ1v) is 12.3. The van der Waals surface area contributed by atoms with E-state index >= 15 is 0 Å². The molecule has 4 aromatic rings. The molecule has 0 fully saturated rings. The molecule has 8 heteroatoms. The first kappa shape index (κ1) is 23.8. The molecule has 0 spiro atoms. The van der Waals surface area contributed by atoms with Crippen molar-refractivity contribution in [1.82, 2.24) is 14.5 Å². The van der Waals surface area contributed by atoms with Crippen molar-refractivity contribution in [1.29, 1.82) is 0 Å². The van der Waals surface area contributed by atoms with Crippen LogP contribution in [-0.4, -0.2) is 46.6 Å². The molecule has 184 valence electrons. The van der Waals surface area contributed by atoms with Gasteiger partial charge in [-0.15, -0.1) is 0 Å². The second-order valence-electron chi connectivity index (χ2n) is 8.42. The smallest absolute Gasteiger partial charge is 0.274 e. The molecule has 2 heterocycles. The van der Waals surface area contributed by atoms with Gasteiger partial charge in [-0.05, 0) is 35.9 Å². The minimum absolute atomic E-state index is 0.0795. The highest BCUT2D eigenvalue weighted by Crippen LogP contribution is 2.25. The normalized spacial score (nSPS) is 13.0. The summed E-state index contributed by atoms with van der Waals surface area (Å²) in [6.45, 7) is 2.74. The number of carbonyl (C=O) groups excluding carboxylic acids is 1. The summed E-state index contributed by atoms with van der Waals surface area (Å²) in [6, 6.07) is 26.9. The number of hydrogen-bond donors (Lipinski definition) is 1. The van der Waals surface area contributed by atoms with Gasteiger partial charge in [0.2, 0.25) is 0 Å². The van der Waals surface area contributed by atoms with E-state index in [4.69, 9.17) is 26.1 Å². The lowest BCUT2D eigenvalue weighted by atomic mass is 10.2. The van der Waals surface area contributed by atoms with Crippen LogP contribution in [0.5, 0.6) is 11.5 Å². The molecule has 5 rings (SSSR count). The fourth-order valence-electron chi connectivity index (χ4n) is 4.15. The van der Waals surface area contributed by atoms with Crippen LogP contribution in [0, 0.1) is 0 Å². The summed E-state index contributed by atoms with van der Waals surface area (Å²) in [4.78, 5) is 20.3. The average Bonchev–Trinajstić information content (AvgIpc) is 3.15. The third-order valence-electron chi connectivity index (χ3n) is 5.93. The predicted octanol–water partition coefficient (Wildman–Crippen LogP) is 5.11. The summed E-state index contributed by atoms with van der Waals surface area (Å²) in [6.07, 6.45) is 0. The summed E-state index contributed by atoms with van der Waals surface area (Å²) >= 11 is 6.11. The molecule has 0 saturated heterocycles. The van der Waals surface area contributed by atoms with Crippen LogP contribution in [0.15, 0.2) is 84.9 Å². The Bertz CT molecular complexity index is 1310. The molecular formula is C28H27ClN4O3. The van der Waals surface area contributed by atoms with E-state index in [0.29, 0.717) is 60.9 Å². The SMILES string of the molecule is O=C1c2c(nc(COc3cccc(Cl)c3)n2Cc2ccccc2)NCCN1CCOc1ccccc1. The maximum absolute atomic E-state index is 13.7. The Morgan fingerprint density at radius 3 is 2.44 bits per heavy atom. The molecule has 3 aromatic carbocycles. The maximum atomic E-state index is 13.7. The molecule has 0 unspecified atom stereocenters. The van der Waals surface area contributed by atoms with Crippen LogP contribution in [0.25, 0.3) is 0 Å². The number of nitrogens with zero attached hydrogens (tertiary/aromatic N) is 3. The van der Waals surface area contributed by atoms with Crippen molar-refractivity contribution >= 4 is 23.3 Å². The lowest BCUT2D eigenvalue weighted by Crippen LogP contribution is -2.37. The number of anilines is 1. The maximum Gasteiger partial charge on any atom is 0.274 e. The van der Waals surface area contributed by atoms with Crippen LogP contribution >= 0.6 is 11.6 Å². The lowest BCUT2D eigenvalue weighted by molar-refractivity contribution is 0.0732. The van der Waals surface area contributed by atoms with Crippen molar-refractivity contribution in [2.75, 3.05) is 31.6 Å². The van der Waals surface area contributed by atoms with E-state index in [9.17, 15) is 4.79 Å². The second-order valence-corrected chi connectivity index (χ2v) is 8.86. The Balaban J connectivity index is 1.39. The van der Waals surface area contributed by atoms with Crippen molar-refractivity contribution in [3.63, 3.8) is 0 Å². The van der Waals surface area contributed by atoms with Crippen molar-refractivity contribution in [3.05, 3.63) is 107 Å². The van der Waals surface area contributed by atoms with E-state index in [1.807, 2.05) is 82.3 Å². The zero-order valence-corrected chi connectivity index (χ0v) is 20.5. The number of rotatable bonds is 9. The summed E-state index contributed by atoms with van der Waals surface area (Å²) in [5, 5.41) is 3.93. The van der Waals surface area contributed by atoms with Gasteiger partial charge in [0, 0.05) is 24.7 Å². The van der Waals surface area contributed by atoms with Gasteiger partial charge in [0.05, 0.1) is 6.54 Å². The number of amides is 1. The fraction of sp³-hybridized carbons (Fsp3) is 0.214. The molecule has 7 nitrogen and oxygen atoms in total. The minimum Gasteiger partial charge on any atom is -0.492 e. The molecule has 0 aliphatic carbocycles. The van der Waals surface area contributed by atoms with Gasteiger partial charge in [-0.2, -0.15) is 0 Å². The predicted molar refractivity (Wildman–Crippen MR) is 140 cm³/mol. The lowest BCUT2D eigenvalue weighted by Gasteiger charge is -2.22. The van der Waals surface area contributed by atoms with Gasteiger partial charge in [0.25, 0.3) is 5.91 Å². The molecule has 0 saturated carbocycles. The van der Waals surface area contributed by atoms with Crippen LogP contribution in [0.3, 0.4) is 0 Å². The highest BCUT2D eigenvalue weighted by molar-refractivity contribution is 6.30. The van der Waals surface area contributed by atoms with Gasteiger partial charge in [-0.3, -0.25) is 4.79 Å². The van der Waals surface area contributed by atoms with Crippen molar-refractivity contribution in [3.8, 4) is 11.5 Å². The van der Waals surface area contributed by atoms with Gasteiger partial charge in [-0.1, -0.05) is 66.2 Å². The number of aromatic nitrogens is 2. The van der Waals surface area contributed by atoms with E-state index in [-0.39, 0.29) is 12.5 Å².